The SMILES string of the molecule is Cl.Cl.OCCCCC#Cc1cncc(OCC2CCN2)c1. The fraction of sp³-hybridized carbons (Fsp3) is 0.533. The largest absolute Gasteiger partial charge is 0.490 e. The minimum Gasteiger partial charge on any atom is -0.490 e. The van der Waals surface area contributed by atoms with Crippen LogP contribution in [-0.2, 0) is 0 Å². The van der Waals surface area contributed by atoms with Crippen molar-refractivity contribution in [2.75, 3.05) is 19.8 Å². The standard InChI is InChI=1S/C15H20N2O2.2ClH/c18-8-4-2-1-3-5-13-9-15(11-16-10-13)19-12-14-6-7-17-14;;/h9-11,14,17-18H,1-2,4,6-8,12H2;2*1H. The van der Waals surface area contributed by atoms with Gasteiger partial charge in [0, 0.05) is 30.8 Å². The zero-order chi connectivity index (χ0) is 13.3. The Morgan fingerprint density at radius 1 is 1.33 bits per heavy atom. The first-order valence-electron chi connectivity index (χ1n) is 6.79. The molecule has 1 aromatic heterocycles. The lowest BCUT2D eigenvalue weighted by Gasteiger charge is -2.27. The zero-order valence-corrected chi connectivity index (χ0v) is 13.5. The van der Waals surface area contributed by atoms with Gasteiger partial charge in [0.1, 0.15) is 12.4 Å². The van der Waals surface area contributed by atoms with Gasteiger partial charge in [-0.15, -0.1) is 24.8 Å². The Morgan fingerprint density at radius 2 is 2.14 bits per heavy atom. The number of ether oxygens (including phenoxy) is 1. The molecule has 0 saturated carbocycles. The van der Waals surface area contributed by atoms with E-state index in [0.29, 0.717) is 12.6 Å². The van der Waals surface area contributed by atoms with E-state index in [4.69, 9.17) is 9.84 Å². The van der Waals surface area contributed by atoms with Crippen molar-refractivity contribution in [1.29, 1.82) is 0 Å². The number of aliphatic hydroxyl groups excluding tert-OH is 1. The number of rotatable bonds is 6. The highest BCUT2D eigenvalue weighted by Crippen LogP contribution is 2.12. The van der Waals surface area contributed by atoms with Crippen molar-refractivity contribution in [1.82, 2.24) is 10.3 Å². The summed E-state index contributed by atoms with van der Waals surface area (Å²) in [6.07, 6.45) is 7.18. The van der Waals surface area contributed by atoms with E-state index in [1.807, 2.05) is 6.07 Å². The maximum atomic E-state index is 8.67. The molecule has 1 aliphatic rings. The lowest BCUT2D eigenvalue weighted by Crippen LogP contribution is -2.46. The van der Waals surface area contributed by atoms with Crippen LogP contribution in [-0.4, -0.2) is 35.9 Å². The highest BCUT2D eigenvalue weighted by Gasteiger charge is 2.16. The molecule has 1 aromatic rings. The average Bonchev–Trinajstić information content (AvgIpc) is 2.37. The molecule has 1 atom stereocenters. The molecule has 21 heavy (non-hydrogen) atoms. The molecule has 0 radical (unpaired) electrons. The third-order valence-electron chi connectivity index (χ3n) is 3.03. The summed E-state index contributed by atoms with van der Waals surface area (Å²) in [5.74, 6) is 6.93. The zero-order valence-electron chi connectivity index (χ0n) is 11.9. The summed E-state index contributed by atoms with van der Waals surface area (Å²) in [7, 11) is 0. The summed E-state index contributed by atoms with van der Waals surface area (Å²) < 4.78 is 5.67. The molecule has 6 heteroatoms. The van der Waals surface area contributed by atoms with E-state index in [1.54, 1.807) is 12.4 Å². The van der Waals surface area contributed by atoms with Gasteiger partial charge in [-0.2, -0.15) is 0 Å². The Bertz CT molecular complexity index is 456. The van der Waals surface area contributed by atoms with Gasteiger partial charge in [-0.1, -0.05) is 11.8 Å². The van der Waals surface area contributed by atoms with E-state index >= 15 is 0 Å². The van der Waals surface area contributed by atoms with Gasteiger partial charge in [-0.05, 0) is 31.9 Å². The molecule has 118 valence electrons. The highest BCUT2D eigenvalue weighted by molar-refractivity contribution is 5.85. The van der Waals surface area contributed by atoms with Crippen molar-refractivity contribution in [2.24, 2.45) is 0 Å². The first-order chi connectivity index (χ1) is 9.38. The maximum Gasteiger partial charge on any atom is 0.138 e. The lowest BCUT2D eigenvalue weighted by atomic mass is 10.1. The van der Waals surface area contributed by atoms with Crippen LogP contribution in [0.1, 0.15) is 31.2 Å². The van der Waals surface area contributed by atoms with E-state index in [-0.39, 0.29) is 31.4 Å². The van der Waals surface area contributed by atoms with Crippen LogP contribution in [0.4, 0.5) is 0 Å². The summed E-state index contributed by atoms with van der Waals surface area (Å²) in [6.45, 7) is 2.02. The van der Waals surface area contributed by atoms with Gasteiger partial charge in [-0.3, -0.25) is 4.98 Å². The van der Waals surface area contributed by atoms with Crippen LogP contribution in [0.25, 0.3) is 0 Å². The van der Waals surface area contributed by atoms with Crippen LogP contribution in [0, 0.1) is 11.8 Å². The van der Waals surface area contributed by atoms with Crippen molar-refractivity contribution in [3.05, 3.63) is 24.0 Å². The fourth-order valence-corrected chi connectivity index (χ4v) is 1.74. The molecule has 0 bridgehead atoms. The van der Waals surface area contributed by atoms with Gasteiger partial charge in [0.15, 0.2) is 0 Å². The molecule has 0 aromatic carbocycles. The molecule has 0 spiro atoms. The summed E-state index contributed by atoms with van der Waals surface area (Å²) in [4.78, 5) is 4.13. The molecule has 0 aliphatic carbocycles. The highest BCUT2D eigenvalue weighted by atomic mass is 35.5. The molecule has 0 amide bonds. The number of hydrogen-bond acceptors (Lipinski definition) is 4. The fourth-order valence-electron chi connectivity index (χ4n) is 1.74. The summed E-state index contributed by atoms with van der Waals surface area (Å²) in [6, 6.07) is 2.40. The molecular weight excluding hydrogens is 311 g/mol. The van der Waals surface area contributed by atoms with Crippen molar-refractivity contribution < 1.29 is 9.84 Å². The van der Waals surface area contributed by atoms with Gasteiger partial charge >= 0.3 is 0 Å². The molecule has 1 saturated heterocycles. The van der Waals surface area contributed by atoms with Crippen LogP contribution in [0.5, 0.6) is 5.75 Å². The van der Waals surface area contributed by atoms with Crippen LogP contribution in [0.15, 0.2) is 18.5 Å². The number of nitrogens with one attached hydrogen (secondary N) is 1. The van der Waals surface area contributed by atoms with E-state index in [2.05, 4.69) is 22.1 Å². The Kier molecular flexibility index (Phi) is 11.1. The summed E-state index contributed by atoms with van der Waals surface area (Å²) >= 11 is 0. The minimum atomic E-state index is 0. The van der Waals surface area contributed by atoms with Crippen molar-refractivity contribution in [3.63, 3.8) is 0 Å². The maximum absolute atomic E-state index is 8.67. The quantitative estimate of drug-likeness (QED) is 0.619. The second-order valence-electron chi connectivity index (χ2n) is 4.64. The van der Waals surface area contributed by atoms with Gasteiger partial charge in [-0.25, -0.2) is 0 Å². The molecule has 1 unspecified atom stereocenters. The molecule has 2 heterocycles. The van der Waals surface area contributed by atoms with Crippen LogP contribution in [0.3, 0.4) is 0 Å². The first-order valence-corrected chi connectivity index (χ1v) is 6.79. The Hall–Kier alpha value is -0.990. The molecule has 2 N–H and O–H groups in total. The number of aromatic nitrogens is 1. The normalized spacial score (nSPS) is 15.6. The van der Waals surface area contributed by atoms with E-state index < -0.39 is 0 Å². The van der Waals surface area contributed by atoms with Gasteiger partial charge in [0.2, 0.25) is 0 Å². The number of halogens is 2. The van der Waals surface area contributed by atoms with E-state index in [0.717, 1.165) is 37.1 Å². The minimum absolute atomic E-state index is 0. The number of unbranched alkanes of at least 4 members (excludes halogenated alkanes) is 2. The van der Waals surface area contributed by atoms with Crippen molar-refractivity contribution >= 4 is 24.8 Å². The Labute approximate surface area is 138 Å². The molecular formula is C15H22Cl2N2O2. The van der Waals surface area contributed by atoms with E-state index in [1.165, 1.54) is 6.42 Å². The smallest absolute Gasteiger partial charge is 0.138 e. The first kappa shape index (κ1) is 20.0. The van der Waals surface area contributed by atoms with Crippen molar-refractivity contribution in [2.45, 2.75) is 31.7 Å². The number of nitrogens with zero attached hydrogens (tertiary/aromatic N) is 1. The van der Waals surface area contributed by atoms with Gasteiger partial charge in [0.05, 0.1) is 6.20 Å². The molecule has 1 aliphatic heterocycles. The molecule has 4 nitrogen and oxygen atoms in total. The predicted octanol–water partition coefficient (Wildman–Crippen LogP) is 2.18. The second-order valence-corrected chi connectivity index (χ2v) is 4.64. The summed E-state index contributed by atoms with van der Waals surface area (Å²) in [5, 5.41) is 12.0. The number of aliphatic hydroxyl groups is 1. The topological polar surface area (TPSA) is 54.4 Å². The second kappa shape index (κ2) is 11.6. The molecule has 1 fully saturated rings. The number of pyridine rings is 1. The van der Waals surface area contributed by atoms with Gasteiger partial charge in [0.25, 0.3) is 0 Å². The third kappa shape index (κ3) is 7.54. The van der Waals surface area contributed by atoms with E-state index in [9.17, 15) is 0 Å². The third-order valence-corrected chi connectivity index (χ3v) is 3.03. The monoisotopic (exact) mass is 332 g/mol. The van der Waals surface area contributed by atoms with Crippen LogP contribution >= 0.6 is 24.8 Å². The van der Waals surface area contributed by atoms with Crippen molar-refractivity contribution in [3.8, 4) is 17.6 Å². The van der Waals surface area contributed by atoms with Crippen LogP contribution in [0.2, 0.25) is 0 Å². The number of hydrogen-bond donors (Lipinski definition) is 2. The predicted molar refractivity (Wildman–Crippen MR) is 88.5 cm³/mol. The molecule has 2 rings (SSSR count). The lowest BCUT2D eigenvalue weighted by molar-refractivity contribution is 0.217. The van der Waals surface area contributed by atoms with Gasteiger partial charge < -0.3 is 15.2 Å². The Balaban J connectivity index is 0.00000200. The average molecular weight is 333 g/mol. The van der Waals surface area contributed by atoms with Crippen LogP contribution < -0.4 is 10.1 Å². The summed E-state index contributed by atoms with van der Waals surface area (Å²) in [5.41, 5.74) is 0.878. The Morgan fingerprint density at radius 3 is 2.81 bits per heavy atom.